The molecule has 0 fully saturated rings. The molecule has 1 N–H and O–H groups in total. The second-order valence-electron chi connectivity index (χ2n) is 5.26. The Bertz CT molecular complexity index is 600. The quantitative estimate of drug-likeness (QED) is 0.862. The average Bonchev–Trinajstić information content (AvgIpc) is 3.03. The molecule has 132 valence electrons. The summed E-state index contributed by atoms with van der Waals surface area (Å²) in [5.74, 6) is -1.30. The summed E-state index contributed by atoms with van der Waals surface area (Å²) in [4.78, 5) is 13.3. The number of hydrogen-bond donors (Lipinski definition) is 1. The number of allylic oxidation sites excluding steroid dienone is 1. The molecule has 1 atom stereocenters. The van der Waals surface area contributed by atoms with E-state index in [1.807, 2.05) is 13.8 Å². The van der Waals surface area contributed by atoms with E-state index in [1.165, 1.54) is 4.90 Å². The molecule has 0 saturated carbocycles. The molecule has 2 rings (SSSR count). The molecule has 1 aromatic carbocycles. The van der Waals surface area contributed by atoms with Crippen molar-refractivity contribution in [1.29, 1.82) is 0 Å². The summed E-state index contributed by atoms with van der Waals surface area (Å²) in [6.45, 7) is 4.46. The third-order valence-corrected chi connectivity index (χ3v) is 3.37. The fourth-order valence-electron chi connectivity index (χ4n) is 2.15. The van der Waals surface area contributed by atoms with Crippen molar-refractivity contribution in [3.63, 3.8) is 0 Å². The van der Waals surface area contributed by atoms with Gasteiger partial charge >= 0.3 is 6.18 Å². The van der Waals surface area contributed by atoms with E-state index in [-0.39, 0.29) is 18.7 Å². The molecule has 5 nitrogen and oxygen atoms in total. The minimum Gasteiger partial charge on any atom is -0.466 e. The van der Waals surface area contributed by atoms with Crippen LogP contribution < -0.4 is 10.2 Å². The maximum atomic E-state index is 12.5. The van der Waals surface area contributed by atoms with Crippen LogP contribution in [0.3, 0.4) is 0 Å². The summed E-state index contributed by atoms with van der Waals surface area (Å²) >= 11 is 0. The first-order chi connectivity index (χ1) is 11.3. The van der Waals surface area contributed by atoms with E-state index in [0.29, 0.717) is 24.4 Å². The van der Waals surface area contributed by atoms with Crippen LogP contribution >= 0.6 is 0 Å². The van der Waals surface area contributed by atoms with Gasteiger partial charge in [-0.25, -0.2) is 0 Å². The second-order valence-corrected chi connectivity index (χ2v) is 5.26. The zero-order valence-electron chi connectivity index (χ0n) is 13.4. The smallest absolute Gasteiger partial charge is 0.450 e. The summed E-state index contributed by atoms with van der Waals surface area (Å²) in [5.41, 5.74) is 0.927. The minimum atomic E-state index is -4.51. The van der Waals surface area contributed by atoms with Crippen LogP contribution in [0.15, 0.2) is 36.2 Å². The molecular weight excluding hydrogens is 325 g/mol. The van der Waals surface area contributed by atoms with Crippen molar-refractivity contribution in [1.82, 2.24) is 5.32 Å². The number of nitrogens with one attached hydrogen (secondary N) is 1. The fraction of sp³-hybridized carbons (Fsp3) is 0.438. The molecular formula is C16H19F3N2O3. The molecule has 1 unspecified atom stereocenters. The number of anilines is 1. The number of hydrogen-bond acceptors (Lipinski definition) is 4. The molecule has 0 aromatic heterocycles. The number of alkyl halides is 3. The Hall–Kier alpha value is -2.22. The number of benzene rings is 1. The van der Waals surface area contributed by atoms with E-state index in [1.54, 1.807) is 24.3 Å². The Balaban J connectivity index is 1.96. The lowest BCUT2D eigenvalue weighted by Gasteiger charge is -2.15. The topological polar surface area (TPSA) is 50.8 Å². The van der Waals surface area contributed by atoms with Crippen molar-refractivity contribution in [2.24, 2.45) is 0 Å². The molecule has 1 heterocycles. The molecule has 0 saturated heterocycles. The highest BCUT2D eigenvalue weighted by atomic mass is 19.4. The highest BCUT2D eigenvalue weighted by molar-refractivity contribution is 5.94. The highest BCUT2D eigenvalue weighted by Crippen LogP contribution is 2.32. The van der Waals surface area contributed by atoms with Crippen LogP contribution in [0.5, 0.6) is 0 Å². The van der Waals surface area contributed by atoms with Gasteiger partial charge in [0.1, 0.15) is 0 Å². The van der Waals surface area contributed by atoms with E-state index in [9.17, 15) is 18.0 Å². The predicted molar refractivity (Wildman–Crippen MR) is 82.4 cm³/mol. The van der Waals surface area contributed by atoms with Crippen LogP contribution in [0.25, 0.3) is 0 Å². The van der Waals surface area contributed by atoms with Crippen molar-refractivity contribution < 1.29 is 27.4 Å². The maximum absolute atomic E-state index is 12.5. The zero-order valence-corrected chi connectivity index (χ0v) is 13.4. The average molecular weight is 344 g/mol. The first-order valence-corrected chi connectivity index (χ1v) is 7.49. The highest BCUT2D eigenvalue weighted by Gasteiger charge is 2.39. The third-order valence-electron chi connectivity index (χ3n) is 3.37. The lowest BCUT2D eigenvalue weighted by atomic mass is 10.2. The number of halogens is 3. The third kappa shape index (κ3) is 4.64. The Kier molecular flexibility index (Phi) is 5.71. The van der Waals surface area contributed by atoms with Gasteiger partial charge in [-0.1, -0.05) is 0 Å². The number of nitrogens with zero attached hydrogens (tertiary/aromatic N) is 1. The van der Waals surface area contributed by atoms with E-state index in [4.69, 9.17) is 4.74 Å². The standard InChI is InChI=1S/C16H19F3N2O3/c1-3-23-11(2)8-20-15(22)12-4-6-13(7-5-12)21-9-14(24-10-21)16(17,18)19/h4-7,9,11H,3,8,10H2,1-2H3,(H,20,22). The number of carbonyl (C=O) groups is 1. The van der Waals surface area contributed by atoms with Crippen LogP contribution in [-0.2, 0) is 9.47 Å². The van der Waals surface area contributed by atoms with E-state index in [2.05, 4.69) is 10.1 Å². The molecule has 1 amide bonds. The summed E-state index contributed by atoms with van der Waals surface area (Å²) < 4.78 is 47.6. The molecule has 0 radical (unpaired) electrons. The van der Waals surface area contributed by atoms with Crippen LogP contribution in [0, 0.1) is 0 Å². The molecule has 1 aliphatic heterocycles. The largest absolute Gasteiger partial charge is 0.466 e. The molecule has 0 aliphatic carbocycles. The molecule has 1 aromatic rings. The van der Waals surface area contributed by atoms with Crippen LogP contribution in [0.1, 0.15) is 24.2 Å². The van der Waals surface area contributed by atoms with Crippen LogP contribution in [0.2, 0.25) is 0 Å². The predicted octanol–water partition coefficient (Wildman–Crippen LogP) is 3.04. The van der Waals surface area contributed by atoms with Gasteiger partial charge in [-0.05, 0) is 38.1 Å². The molecule has 8 heteroatoms. The number of ether oxygens (including phenoxy) is 2. The van der Waals surface area contributed by atoms with Gasteiger partial charge in [-0.3, -0.25) is 4.79 Å². The van der Waals surface area contributed by atoms with E-state index >= 15 is 0 Å². The Morgan fingerprint density at radius 3 is 2.58 bits per heavy atom. The van der Waals surface area contributed by atoms with Crippen molar-refractivity contribution in [2.75, 3.05) is 24.8 Å². The monoisotopic (exact) mass is 344 g/mol. The van der Waals surface area contributed by atoms with Crippen molar-refractivity contribution in [3.8, 4) is 0 Å². The number of rotatable bonds is 6. The fourth-order valence-corrected chi connectivity index (χ4v) is 2.15. The summed E-state index contributed by atoms with van der Waals surface area (Å²) in [5, 5.41) is 2.74. The second kappa shape index (κ2) is 7.57. The normalized spacial score (nSPS) is 15.7. The summed E-state index contributed by atoms with van der Waals surface area (Å²) in [7, 11) is 0. The summed E-state index contributed by atoms with van der Waals surface area (Å²) in [6, 6.07) is 6.24. The number of carbonyl (C=O) groups excluding carboxylic acids is 1. The van der Waals surface area contributed by atoms with Gasteiger partial charge in [0.25, 0.3) is 5.91 Å². The van der Waals surface area contributed by atoms with Gasteiger partial charge in [0, 0.05) is 24.4 Å². The van der Waals surface area contributed by atoms with Crippen molar-refractivity contribution >= 4 is 11.6 Å². The SMILES string of the molecule is CCOC(C)CNC(=O)c1ccc(N2C=C(C(F)(F)F)OC2)cc1. The van der Waals surface area contributed by atoms with E-state index in [0.717, 1.165) is 6.20 Å². The van der Waals surface area contributed by atoms with Gasteiger partial charge < -0.3 is 19.7 Å². The van der Waals surface area contributed by atoms with Gasteiger partial charge in [0.15, 0.2) is 6.73 Å². The first-order valence-electron chi connectivity index (χ1n) is 7.49. The molecule has 0 bridgehead atoms. The van der Waals surface area contributed by atoms with Crippen LogP contribution in [-0.4, -0.2) is 38.1 Å². The minimum absolute atomic E-state index is 0.0918. The molecule has 0 spiro atoms. The van der Waals surface area contributed by atoms with Gasteiger partial charge in [-0.2, -0.15) is 13.2 Å². The first kappa shape index (κ1) is 18.1. The van der Waals surface area contributed by atoms with Crippen LogP contribution in [0.4, 0.5) is 18.9 Å². The lowest BCUT2D eigenvalue weighted by molar-refractivity contribution is -0.126. The number of amides is 1. The maximum Gasteiger partial charge on any atom is 0.450 e. The van der Waals surface area contributed by atoms with E-state index < -0.39 is 11.9 Å². The Morgan fingerprint density at radius 2 is 2.04 bits per heavy atom. The van der Waals surface area contributed by atoms with Gasteiger partial charge in [-0.15, -0.1) is 0 Å². The van der Waals surface area contributed by atoms with Gasteiger partial charge in [0.2, 0.25) is 5.76 Å². The lowest BCUT2D eigenvalue weighted by Crippen LogP contribution is -2.32. The Morgan fingerprint density at radius 1 is 1.38 bits per heavy atom. The molecule has 1 aliphatic rings. The van der Waals surface area contributed by atoms with Gasteiger partial charge in [0.05, 0.1) is 12.3 Å². The molecule has 24 heavy (non-hydrogen) atoms. The Labute approximate surface area is 138 Å². The summed E-state index contributed by atoms with van der Waals surface area (Å²) in [6.07, 6.45) is -3.70. The zero-order chi connectivity index (χ0) is 17.7. The van der Waals surface area contributed by atoms with Crippen molar-refractivity contribution in [3.05, 3.63) is 41.8 Å². The van der Waals surface area contributed by atoms with Crippen molar-refractivity contribution in [2.45, 2.75) is 26.1 Å².